The Bertz CT molecular complexity index is 1130. The fraction of sp³-hybridized carbons (Fsp3) is 0.300. The number of nitrogens with zero attached hydrogens (tertiary/aromatic N) is 6. The molecule has 0 atom stereocenters. The number of aryl methyl sites for hydroxylation is 1. The molecule has 1 saturated carbocycles. The number of imidazole rings is 1. The molecule has 0 spiro atoms. The summed E-state index contributed by atoms with van der Waals surface area (Å²) in [7, 11) is 0. The molecule has 0 N–H and O–H groups in total. The van der Waals surface area contributed by atoms with Gasteiger partial charge < -0.3 is 4.57 Å². The minimum Gasteiger partial charge on any atom is -0.327 e. The fourth-order valence-electron chi connectivity index (χ4n) is 3.94. The molecular weight excluding hydrogens is 324 g/mol. The first-order valence-electron chi connectivity index (χ1n) is 9.22. The Morgan fingerprint density at radius 3 is 3.00 bits per heavy atom. The van der Waals surface area contributed by atoms with Crippen molar-refractivity contribution in [3.8, 4) is 22.6 Å². The van der Waals surface area contributed by atoms with E-state index < -0.39 is 0 Å². The van der Waals surface area contributed by atoms with Crippen LogP contribution in [0.1, 0.15) is 31.1 Å². The Kier molecular flexibility index (Phi) is 2.86. The van der Waals surface area contributed by atoms with E-state index in [0.717, 1.165) is 47.2 Å². The third-order valence-electron chi connectivity index (χ3n) is 5.38. The van der Waals surface area contributed by atoms with Crippen LogP contribution in [0.4, 0.5) is 0 Å². The van der Waals surface area contributed by atoms with E-state index >= 15 is 0 Å². The zero-order chi connectivity index (χ0) is 17.1. The summed E-state index contributed by atoms with van der Waals surface area (Å²) >= 11 is 0. The van der Waals surface area contributed by atoms with Crippen molar-refractivity contribution < 1.29 is 0 Å². The van der Waals surface area contributed by atoms with Crippen LogP contribution < -0.4 is 0 Å². The summed E-state index contributed by atoms with van der Waals surface area (Å²) in [5.74, 6) is 1.17. The number of hydrogen-bond donors (Lipinski definition) is 0. The molecule has 1 aromatic carbocycles. The molecule has 1 aliphatic carbocycles. The molecule has 0 amide bonds. The SMILES string of the molecule is c1ncc2cc(-c3c(-c4ccn(C5CC5)n4)nc4n3CCC4)ccc2n1. The third-order valence-corrected chi connectivity index (χ3v) is 5.38. The Hall–Kier alpha value is -3.02. The van der Waals surface area contributed by atoms with Gasteiger partial charge in [0, 0.05) is 36.3 Å². The summed E-state index contributed by atoms with van der Waals surface area (Å²) in [4.78, 5) is 13.5. The number of aromatic nitrogens is 6. The molecule has 6 rings (SSSR count). The van der Waals surface area contributed by atoms with Gasteiger partial charge in [0.2, 0.25) is 0 Å². The van der Waals surface area contributed by atoms with Gasteiger partial charge in [0.15, 0.2) is 0 Å². The quantitative estimate of drug-likeness (QED) is 0.570. The van der Waals surface area contributed by atoms with Gasteiger partial charge >= 0.3 is 0 Å². The first-order chi connectivity index (χ1) is 12.9. The smallest absolute Gasteiger partial charge is 0.117 e. The summed E-state index contributed by atoms with van der Waals surface area (Å²) in [6, 6.07) is 9.05. The first kappa shape index (κ1) is 14.2. The largest absolute Gasteiger partial charge is 0.327 e. The molecule has 6 heteroatoms. The summed E-state index contributed by atoms with van der Waals surface area (Å²) in [5, 5.41) is 5.87. The maximum atomic E-state index is 4.97. The average molecular weight is 342 g/mol. The van der Waals surface area contributed by atoms with E-state index in [-0.39, 0.29) is 0 Å². The topological polar surface area (TPSA) is 61.4 Å². The van der Waals surface area contributed by atoms with E-state index in [1.165, 1.54) is 24.4 Å². The van der Waals surface area contributed by atoms with Crippen LogP contribution in [-0.4, -0.2) is 29.3 Å². The molecule has 0 bridgehead atoms. The molecule has 1 fully saturated rings. The van der Waals surface area contributed by atoms with Crippen LogP contribution in [-0.2, 0) is 13.0 Å². The predicted octanol–water partition coefficient (Wildman–Crippen LogP) is 3.64. The number of rotatable bonds is 3. The van der Waals surface area contributed by atoms with Crippen LogP contribution in [0, 0.1) is 0 Å². The summed E-state index contributed by atoms with van der Waals surface area (Å²) < 4.78 is 4.45. The molecular formula is C20H18N6. The lowest BCUT2D eigenvalue weighted by molar-refractivity contribution is 0.643. The molecule has 4 heterocycles. The first-order valence-corrected chi connectivity index (χ1v) is 9.22. The van der Waals surface area contributed by atoms with Crippen LogP contribution in [0.15, 0.2) is 43.0 Å². The lowest BCUT2D eigenvalue weighted by Gasteiger charge is -2.08. The Morgan fingerprint density at radius 1 is 1.12 bits per heavy atom. The molecule has 26 heavy (non-hydrogen) atoms. The van der Waals surface area contributed by atoms with E-state index in [0.29, 0.717) is 6.04 Å². The number of hydrogen-bond acceptors (Lipinski definition) is 4. The van der Waals surface area contributed by atoms with Crippen LogP contribution in [0.5, 0.6) is 0 Å². The van der Waals surface area contributed by atoms with Crippen molar-refractivity contribution in [2.45, 2.75) is 38.3 Å². The summed E-state index contributed by atoms with van der Waals surface area (Å²) in [6.45, 7) is 1.02. The van der Waals surface area contributed by atoms with Crippen molar-refractivity contribution in [3.63, 3.8) is 0 Å². The third kappa shape index (κ3) is 2.11. The minimum atomic E-state index is 0.583. The highest BCUT2D eigenvalue weighted by Crippen LogP contribution is 2.38. The molecule has 3 aromatic heterocycles. The van der Waals surface area contributed by atoms with Crippen LogP contribution in [0.25, 0.3) is 33.5 Å². The highest BCUT2D eigenvalue weighted by Gasteiger charge is 2.27. The summed E-state index contributed by atoms with van der Waals surface area (Å²) in [6.07, 6.45) is 10.2. The normalized spacial score (nSPS) is 16.3. The zero-order valence-electron chi connectivity index (χ0n) is 14.3. The second-order valence-electron chi connectivity index (χ2n) is 7.19. The van der Waals surface area contributed by atoms with E-state index in [9.17, 15) is 0 Å². The van der Waals surface area contributed by atoms with Crippen molar-refractivity contribution in [2.24, 2.45) is 0 Å². The number of fused-ring (bicyclic) bond motifs is 2. The van der Waals surface area contributed by atoms with Crippen molar-refractivity contribution in [1.82, 2.24) is 29.3 Å². The average Bonchev–Trinajstić information content (AvgIpc) is 3.08. The standard InChI is InChI=1S/C20H18N6/c1-2-18-23-19(17-7-9-26(24-17)15-4-5-15)20(25(18)8-1)13-3-6-16-14(10-13)11-21-12-22-16/h3,6-7,9-12,15H,1-2,4-5,8H2. The molecule has 0 radical (unpaired) electrons. The molecule has 6 nitrogen and oxygen atoms in total. The van der Waals surface area contributed by atoms with Crippen LogP contribution in [0.2, 0.25) is 0 Å². The molecule has 0 saturated heterocycles. The van der Waals surface area contributed by atoms with Gasteiger partial charge in [-0.2, -0.15) is 5.10 Å². The second kappa shape index (κ2) is 5.24. The van der Waals surface area contributed by atoms with E-state index in [1.807, 2.05) is 6.20 Å². The lowest BCUT2D eigenvalue weighted by atomic mass is 10.1. The van der Waals surface area contributed by atoms with E-state index in [2.05, 4.69) is 49.7 Å². The van der Waals surface area contributed by atoms with Gasteiger partial charge in [-0.1, -0.05) is 6.07 Å². The van der Waals surface area contributed by atoms with Gasteiger partial charge in [-0.15, -0.1) is 0 Å². The number of benzene rings is 1. The Morgan fingerprint density at radius 2 is 2.08 bits per heavy atom. The van der Waals surface area contributed by atoms with Crippen molar-refractivity contribution >= 4 is 10.9 Å². The van der Waals surface area contributed by atoms with Crippen molar-refractivity contribution in [3.05, 3.63) is 48.8 Å². The maximum absolute atomic E-state index is 4.97. The fourth-order valence-corrected chi connectivity index (χ4v) is 3.94. The molecule has 2 aliphatic rings. The highest BCUT2D eigenvalue weighted by atomic mass is 15.3. The Balaban J connectivity index is 1.55. The van der Waals surface area contributed by atoms with Crippen molar-refractivity contribution in [2.75, 3.05) is 0 Å². The van der Waals surface area contributed by atoms with Crippen molar-refractivity contribution in [1.29, 1.82) is 0 Å². The van der Waals surface area contributed by atoms with Gasteiger partial charge in [0.25, 0.3) is 0 Å². The molecule has 128 valence electrons. The van der Waals surface area contributed by atoms with Gasteiger partial charge in [-0.05, 0) is 37.5 Å². The van der Waals surface area contributed by atoms with Gasteiger partial charge in [-0.3, -0.25) is 4.68 Å². The monoisotopic (exact) mass is 342 g/mol. The highest BCUT2D eigenvalue weighted by molar-refractivity contribution is 5.86. The van der Waals surface area contributed by atoms with Gasteiger partial charge in [0.05, 0.1) is 17.3 Å². The maximum Gasteiger partial charge on any atom is 0.117 e. The van der Waals surface area contributed by atoms with Crippen LogP contribution in [0.3, 0.4) is 0 Å². The Labute approximate surface area is 150 Å². The van der Waals surface area contributed by atoms with Gasteiger partial charge in [-0.25, -0.2) is 15.0 Å². The molecule has 4 aromatic rings. The molecule has 0 unspecified atom stereocenters. The summed E-state index contributed by atoms with van der Waals surface area (Å²) in [5.41, 5.74) is 5.26. The zero-order valence-corrected chi connectivity index (χ0v) is 14.3. The van der Waals surface area contributed by atoms with E-state index in [1.54, 1.807) is 6.33 Å². The van der Waals surface area contributed by atoms with E-state index in [4.69, 9.17) is 10.1 Å². The second-order valence-corrected chi connectivity index (χ2v) is 7.19. The van der Waals surface area contributed by atoms with Crippen LogP contribution >= 0.6 is 0 Å². The predicted molar refractivity (Wildman–Crippen MR) is 98.6 cm³/mol. The lowest BCUT2D eigenvalue weighted by Crippen LogP contribution is -1.98. The minimum absolute atomic E-state index is 0.583. The van der Waals surface area contributed by atoms with Gasteiger partial charge in [0.1, 0.15) is 23.5 Å². The molecule has 1 aliphatic heterocycles.